The van der Waals surface area contributed by atoms with Crippen molar-refractivity contribution in [3.63, 3.8) is 0 Å². The summed E-state index contributed by atoms with van der Waals surface area (Å²) in [6.07, 6.45) is 1.47. The van der Waals surface area contributed by atoms with Crippen LogP contribution in [0.15, 0.2) is 36.9 Å². The predicted octanol–water partition coefficient (Wildman–Crippen LogP) is 2.41. The third kappa shape index (κ3) is 3.22. The van der Waals surface area contributed by atoms with Crippen molar-refractivity contribution >= 4 is 22.8 Å². The Morgan fingerprint density at radius 2 is 2.07 bits per heavy atom. The number of hydrogen-bond acceptors (Lipinski definition) is 3. The van der Waals surface area contributed by atoms with Gasteiger partial charge in [0.25, 0.3) is 5.24 Å². The first-order chi connectivity index (χ1) is 7.15. The molecule has 0 aliphatic heterocycles. The van der Waals surface area contributed by atoms with E-state index in [1.54, 1.807) is 12.1 Å². The summed E-state index contributed by atoms with van der Waals surface area (Å²) < 4.78 is 4.80. The topological polar surface area (TPSA) is 43.4 Å². The second-order valence-corrected chi connectivity index (χ2v) is 3.08. The zero-order valence-electron chi connectivity index (χ0n) is 7.90. The number of carbonyl (C=O) groups is 2. The van der Waals surface area contributed by atoms with Crippen molar-refractivity contribution in [1.82, 2.24) is 0 Å². The Hall–Kier alpha value is -1.61. The van der Waals surface area contributed by atoms with Gasteiger partial charge < -0.3 is 4.74 Å². The molecule has 0 saturated heterocycles. The van der Waals surface area contributed by atoms with Crippen LogP contribution in [0, 0.1) is 0 Å². The van der Waals surface area contributed by atoms with Crippen LogP contribution >= 0.6 is 11.6 Å². The second kappa shape index (κ2) is 5.32. The van der Waals surface area contributed by atoms with Crippen molar-refractivity contribution < 1.29 is 14.3 Å². The van der Waals surface area contributed by atoms with E-state index >= 15 is 0 Å². The monoisotopic (exact) mass is 224 g/mol. The van der Waals surface area contributed by atoms with Gasteiger partial charge in [-0.15, -0.1) is 0 Å². The largest absolute Gasteiger partial charge is 0.458 e. The van der Waals surface area contributed by atoms with Crippen molar-refractivity contribution in [3.05, 3.63) is 48.0 Å². The number of esters is 1. The Morgan fingerprint density at radius 1 is 1.40 bits per heavy atom. The van der Waals surface area contributed by atoms with E-state index in [-0.39, 0.29) is 12.2 Å². The standard InChI is InChI=1S/C11H9ClO3/c1-2-6-15-11(14)9-5-3-4-8(7-9)10(12)13/h2-5,7H,1,6H2. The minimum Gasteiger partial charge on any atom is -0.458 e. The fourth-order valence-corrected chi connectivity index (χ4v) is 1.10. The Morgan fingerprint density at radius 3 is 2.67 bits per heavy atom. The van der Waals surface area contributed by atoms with E-state index in [0.29, 0.717) is 5.56 Å². The lowest BCUT2D eigenvalue weighted by molar-refractivity contribution is 0.0549. The fourth-order valence-electron chi connectivity index (χ4n) is 0.986. The predicted molar refractivity (Wildman–Crippen MR) is 57.1 cm³/mol. The average molecular weight is 225 g/mol. The maximum absolute atomic E-state index is 11.4. The van der Waals surface area contributed by atoms with Gasteiger partial charge in [0.05, 0.1) is 5.56 Å². The molecule has 0 N–H and O–H groups in total. The van der Waals surface area contributed by atoms with E-state index < -0.39 is 11.2 Å². The van der Waals surface area contributed by atoms with Gasteiger partial charge in [-0.25, -0.2) is 4.79 Å². The molecule has 0 aliphatic rings. The second-order valence-electron chi connectivity index (χ2n) is 2.74. The summed E-state index contributed by atoms with van der Waals surface area (Å²) in [4.78, 5) is 22.2. The van der Waals surface area contributed by atoms with Crippen molar-refractivity contribution in [3.8, 4) is 0 Å². The van der Waals surface area contributed by atoms with Gasteiger partial charge in [0.2, 0.25) is 0 Å². The van der Waals surface area contributed by atoms with Crippen molar-refractivity contribution in [1.29, 1.82) is 0 Å². The molecule has 78 valence electrons. The van der Waals surface area contributed by atoms with Gasteiger partial charge in [0, 0.05) is 5.56 Å². The highest BCUT2D eigenvalue weighted by molar-refractivity contribution is 6.67. The molecule has 0 fully saturated rings. The molecule has 0 unspecified atom stereocenters. The molecule has 0 aliphatic carbocycles. The minimum absolute atomic E-state index is 0.137. The SMILES string of the molecule is C=CCOC(=O)c1cccc(C(=O)Cl)c1. The van der Waals surface area contributed by atoms with Crippen molar-refractivity contribution in [2.45, 2.75) is 0 Å². The van der Waals surface area contributed by atoms with Gasteiger partial charge in [0.1, 0.15) is 6.61 Å². The lowest BCUT2D eigenvalue weighted by Crippen LogP contribution is -2.05. The van der Waals surface area contributed by atoms with Crippen molar-refractivity contribution in [2.75, 3.05) is 6.61 Å². The zero-order valence-corrected chi connectivity index (χ0v) is 8.66. The van der Waals surface area contributed by atoms with Crippen molar-refractivity contribution in [2.24, 2.45) is 0 Å². The third-order valence-electron chi connectivity index (χ3n) is 1.66. The van der Waals surface area contributed by atoms with Crippen LogP contribution in [0.1, 0.15) is 20.7 Å². The maximum Gasteiger partial charge on any atom is 0.338 e. The summed E-state index contributed by atoms with van der Waals surface area (Å²) >= 11 is 5.28. The van der Waals surface area contributed by atoms with E-state index in [2.05, 4.69) is 6.58 Å². The molecule has 0 saturated carbocycles. The number of carbonyl (C=O) groups excluding carboxylic acids is 2. The Bertz CT molecular complexity index is 399. The molecule has 1 rings (SSSR count). The van der Waals surface area contributed by atoms with Gasteiger partial charge >= 0.3 is 5.97 Å². The zero-order chi connectivity index (χ0) is 11.3. The Balaban J connectivity index is 2.85. The van der Waals surface area contributed by atoms with Crippen LogP contribution in [0.3, 0.4) is 0 Å². The molecule has 4 heteroatoms. The molecule has 0 heterocycles. The molecule has 15 heavy (non-hydrogen) atoms. The molecule has 0 bridgehead atoms. The summed E-state index contributed by atoms with van der Waals surface area (Å²) in [6, 6.07) is 6.04. The third-order valence-corrected chi connectivity index (χ3v) is 1.88. The molecular formula is C11H9ClO3. The number of ether oxygens (including phenoxy) is 1. The summed E-state index contributed by atoms with van der Waals surface area (Å²) in [6.45, 7) is 3.56. The quantitative estimate of drug-likeness (QED) is 0.448. The summed E-state index contributed by atoms with van der Waals surface area (Å²) in [5.74, 6) is -0.505. The lowest BCUT2D eigenvalue weighted by atomic mass is 10.1. The molecule has 1 aromatic rings. The maximum atomic E-state index is 11.4. The molecule has 0 spiro atoms. The fraction of sp³-hybridized carbons (Fsp3) is 0.0909. The number of halogens is 1. The Kier molecular flexibility index (Phi) is 4.06. The smallest absolute Gasteiger partial charge is 0.338 e. The molecule has 0 amide bonds. The number of hydrogen-bond donors (Lipinski definition) is 0. The molecular weight excluding hydrogens is 216 g/mol. The molecule has 1 aromatic carbocycles. The van der Waals surface area contributed by atoms with Crippen LogP contribution in [0.2, 0.25) is 0 Å². The summed E-state index contributed by atoms with van der Waals surface area (Å²) in [7, 11) is 0. The van der Waals surface area contributed by atoms with Crippen LogP contribution in [-0.4, -0.2) is 17.8 Å². The molecule has 0 radical (unpaired) electrons. The molecule has 0 aromatic heterocycles. The van der Waals surface area contributed by atoms with Crippen LogP contribution < -0.4 is 0 Å². The first-order valence-electron chi connectivity index (χ1n) is 4.23. The van der Waals surface area contributed by atoms with Gasteiger partial charge in [-0.3, -0.25) is 4.79 Å². The van der Waals surface area contributed by atoms with Gasteiger partial charge in [0.15, 0.2) is 0 Å². The van der Waals surface area contributed by atoms with E-state index in [4.69, 9.17) is 16.3 Å². The number of benzene rings is 1. The molecule has 3 nitrogen and oxygen atoms in total. The summed E-state index contributed by atoms with van der Waals surface area (Å²) in [5.41, 5.74) is 0.563. The summed E-state index contributed by atoms with van der Waals surface area (Å²) in [5, 5.41) is -0.603. The molecule has 0 atom stereocenters. The van der Waals surface area contributed by atoms with Crippen LogP contribution in [0.4, 0.5) is 0 Å². The van der Waals surface area contributed by atoms with Gasteiger partial charge in [-0.2, -0.15) is 0 Å². The Labute approximate surface area is 92.3 Å². The normalized spacial score (nSPS) is 9.40. The van der Waals surface area contributed by atoms with E-state index in [1.165, 1.54) is 18.2 Å². The highest BCUT2D eigenvalue weighted by atomic mass is 35.5. The van der Waals surface area contributed by atoms with E-state index in [9.17, 15) is 9.59 Å². The number of rotatable bonds is 4. The van der Waals surface area contributed by atoms with E-state index in [0.717, 1.165) is 0 Å². The minimum atomic E-state index is -0.603. The first-order valence-corrected chi connectivity index (χ1v) is 4.61. The van der Waals surface area contributed by atoms with Crippen LogP contribution in [-0.2, 0) is 4.74 Å². The van der Waals surface area contributed by atoms with Gasteiger partial charge in [-0.05, 0) is 23.7 Å². The van der Waals surface area contributed by atoms with Crippen LogP contribution in [0.25, 0.3) is 0 Å². The highest BCUT2D eigenvalue weighted by Crippen LogP contribution is 2.09. The van der Waals surface area contributed by atoms with Gasteiger partial charge in [-0.1, -0.05) is 24.8 Å². The highest BCUT2D eigenvalue weighted by Gasteiger charge is 2.09. The first kappa shape index (κ1) is 11.5. The van der Waals surface area contributed by atoms with Crippen LogP contribution in [0.5, 0.6) is 0 Å². The lowest BCUT2D eigenvalue weighted by Gasteiger charge is -2.02. The van der Waals surface area contributed by atoms with E-state index in [1.807, 2.05) is 0 Å². The average Bonchev–Trinajstić information content (AvgIpc) is 2.26.